The lowest BCUT2D eigenvalue weighted by atomic mass is 10.1. The Bertz CT molecular complexity index is 972. The first kappa shape index (κ1) is 21.5. The van der Waals surface area contributed by atoms with Crippen molar-refractivity contribution in [3.05, 3.63) is 33.3 Å². The van der Waals surface area contributed by atoms with E-state index in [0.717, 1.165) is 28.0 Å². The molecular weight excluding hydrogens is 463 g/mol. The zero-order valence-corrected chi connectivity index (χ0v) is 17.9. The van der Waals surface area contributed by atoms with Gasteiger partial charge in [-0.25, -0.2) is 0 Å². The number of nitrogens with zero attached hydrogens (tertiary/aromatic N) is 3. The number of amides is 3. The third-order valence-electron chi connectivity index (χ3n) is 3.58. The van der Waals surface area contributed by atoms with Crippen molar-refractivity contribution in [2.75, 3.05) is 24.2 Å². The van der Waals surface area contributed by atoms with Crippen LogP contribution in [0.5, 0.6) is 0 Å². The maximum absolute atomic E-state index is 12.4. The molecule has 1 N–H and O–H groups in total. The fourth-order valence-electron chi connectivity index (χ4n) is 2.37. The zero-order valence-electron chi connectivity index (χ0n) is 14.7. The second-order valence-corrected chi connectivity index (χ2v) is 8.54. The Morgan fingerprint density at radius 2 is 1.79 bits per heavy atom. The average molecular weight is 475 g/mol. The van der Waals surface area contributed by atoms with Gasteiger partial charge in [0.2, 0.25) is 11.0 Å². The number of carbonyl (C=O) groups is 4. The van der Waals surface area contributed by atoms with Crippen LogP contribution in [-0.2, 0) is 14.3 Å². The third-order valence-corrected chi connectivity index (χ3v) is 6.25. The number of aromatic nitrogens is 2. The molecule has 0 atom stereocenters. The molecule has 0 saturated heterocycles. The fraction of sp³-hybridized carbons (Fsp3) is 0.250. The highest BCUT2D eigenvalue weighted by molar-refractivity contribution is 8.01. The molecular formula is C16H12Cl2N4O5S2. The molecule has 0 aliphatic carbocycles. The number of carbonyl (C=O) groups excluding carboxylic acids is 4. The molecule has 152 valence electrons. The van der Waals surface area contributed by atoms with Crippen molar-refractivity contribution in [2.24, 2.45) is 0 Å². The molecule has 9 nitrogen and oxygen atoms in total. The highest BCUT2D eigenvalue weighted by atomic mass is 35.5. The quantitative estimate of drug-likeness (QED) is 0.281. The lowest BCUT2D eigenvalue weighted by Gasteiger charge is -2.12. The summed E-state index contributed by atoms with van der Waals surface area (Å²) < 4.78 is 5.27. The number of thioether (sulfide) groups is 1. The highest BCUT2D eigenvalue weighted by Crippen LogP contribution is 2.31. The molecule has 0 radical (unpaired) electrons. The van der Waals surface area contributed by atoms with Gasteiger partial charge >= 0.3 is 5.97 Å². The van der Waals surface area contributed by atoms with E-state index in [9.17, 15) is 19.2 Å². The maximum atomic E-state index is 12.4. The van der Waals surface area contributed by atoms with Crippen LogP contribution in [0.4, 0.5) is 5.13 Å². The van der Waals surface area contributed by atoms with E-state index in [1.165, 1.54) is 12.1 Å². The number of nitrogens with one attached hydrogen (secondary N) is 1. The first-order valence-electron chi connectivity index (χ1n) is 8.07. The van der Waals surface area contributed by atoms with E-state index in [4.69, 9.17) is 27.9 Å². The van der Waals surface area contributed by atoms with Gasteiger partial charge < -0.3 is 4.74 Å². The van der Waals surface area contributed by atoms with Gasteiger partial charge in [-0.15, -0.1) is 10.2 Å². The lowest BCUT2D eigenvalue weighted by Crippen LogP contribution is -2.37. The van der Waals surface area contributed by atoms with Crippen LogP contribution in [0.15, 0.2) is 16.5 Å². The molecule has 13 heteroatoms. The number of benzene rings is 1. The number of halogens is 2. The van der Waals surface area contributed by atoms with Gasteiger partial charge in [-0.1, -0.05) is 46.3 Å². The minimum Gasteiger partial charge on any atom is -0.465 e. The van der Waals surface area contributed by atoms with Gasteiger partial charge in [0, 0.05) is 0 Å². The van der Waals surface area contributed by atoms with E-state index < -0.39 is 24.3 Å². The zero-order chi connectivity index (χ0) is 21.1. The van der Waals surface area contributed by atoms with Crippen molar-refractivity contribution < 1.29 is 23.9 Å². The number of esters is 1. The van der Waals surface area contributed by atoms with Crippen LogP contribution in [0.1, 0.15) is 27.6 Å². The molecule has 1 aliphatic rings. The van der Waals surface area contributed by atoms with Crippen LogP contribution in [0.3, 0.4) is 0 Å². The molecule has 3 rings (SSSR count). The molecule has 0 saturated carbocycles. The second-order valence-electron chi connectivity index (χ2n) is 5.52. The predicted molar refractivity (Wildman–Crippen MR) is 108 cm³/mol. The summed E-state index contributed by atoms with van der Waals surface area (Å²) >= 11 is 14.0. The molecule has 29 heavy (non-hydrogen) atoms. The molecule has 0 unspecified atom stereocenters. The summed E-state index contributed by atoms with van der Waals surface area (Å²) in [5, 5.41) is 10.6. The summed E-state index contributed by atoms with van der Waals surface area (Å²) in [5.74, 6) is -2.22. The van der Waals surface area contributed by atoms with Gasteiger partial charge in [-0.3, -0.25) is 29.4 Å². The highest BCUT2D eigenvalue weighted by Gasteiger charge is 2.37. The standard InChI is InChI=1S/C16H12Cl2N4O5S2/c1-2-27-12(24)6-28-16-21-20-15(29-16)19-11(23)5-22-13(25)7-3-9(17)10(18)4-8(7)14(22)26/h3-4H,2,5-6H2,1H3,(H,19,20,23). The van der Waals surface area contributed by atoms with Crippen LogP contribution in [0.25, 0.3) is 0 Å². The average Bonchev–Trinajstić information content (AvgIpc) is 3.20. The van der Waals surface area contributed by atoms with Gasteiger partial charge in [-0.05, 0) is 19.1 Å². The van der Waals surface area contributed by atoms with Crippen LogP contribution < -0.4 is 5.32 Å². The minimum absolute atomic E-state index is 0.0661. The first-order chi connectivity index (χ1) is 13.8. The van der Waals surface area contributed by atoms with Crippen molar-refractivity contribution >= 4 is 75.1 Å². The van der Waals surface area contributed by atoms with Crippen LogP contribution >= 0.6 is 46.3 Å². The number of hydrogen-bond donors (Lipinski definition) is 1. The monoisotopic (exact) mass is 474 g/mol. The molecule has 2 aromatic rings. The molecule has 1 aromatic carbocycles. The number of ether oxygens (including phenoxy) is 1. The van der Waals surface area contributed by atoms with Crippen LogP contribution in [-0.4, -0.2) is 57.7 Å². The predicted octanol–water partition coefficient (Wildman–Crippen LogP) is 2.73. The molecule has 1 aromatic heterocycles. The molecule has 2 heterocycles. The topological polar surface area (TPSA) is 119 Å². The molecule has 0 bridgehead atoms. The second kappa shape index (κ2) is 9.08. The Kier molecular flexibility index (Phi) is 6.73. The van der Waals surface area contributed by atoms with Crippen molar-refractivity contribution in [1.82, 2.24) is 15.1 Å². The normalized spacial score (nSPS) is 12.9. The minimum atomic E-state index is -0.637. The molecule has 0 spiro atoms. The molecule has 0 fully saturated rings. The lowest BCUT2D eigenvalue weighted by molar-refractivity contribution is -0.139. The molecule has 3 amide bonds. The number of anilines is 1. The molecule has 1 aliphatic heterocycles. The van der Waals surface area contributed by atoms with Crippen molar-refractivity contribution in [2.45, 2.75) is 11.3 Å². The van der Waals surface area contributed by atoms with Crippen molar-refractivity contribution in [3.8, 4) is 0 Å². The van der Waals surface area contributed by atoms with Crippen molar-refractivity contribution in [1.29, 1.82) is 0 Å². The SMILES string of the molecule is CCOC(=O)CSc1nnc(NC(=O)CN2C(=O)c3cc(Cl)c(Cl)cc3C2=O)s1. The van der Waals surface area contributed by atoms with E-state index in [2.05, 4.69) is 15.5 Å². The smallest absolute Gasteiger partial charge is 0.316 e. The Morgan fingerprint density at radius 3 is 2.38 bits per heavy atom. The van der Waals surface area contributed by atoms with Crippen LogP contribution in [0.2, 0.25) is 10.0 Å². The van der Waals surface area contributed by atoms with E-state index in [0.29, 0.717) is 4.34 Å². The Hall–Kier alpha value is -2.21. The van der Waals surface area contributed by atoms with Gasteiger partial charge in [0.15, 0.2) is 4.34 Å². The number of rotatable bonds is 7. The maximum Gasteiger partial charge on any atom is 0.316 e. The number of imide groups is 1. The van der Waals surface area contributed by atoms with Gasteiger partial charge in [-0.2, -0.15) is 0 Å². The van der Waals surface area contributed by atoms with Gasteiger partial charge in [0.05, 0.1) is 33.5 Å². The van der Waals surface area contributed by atoms with E-state index in [1.54, 1.807) is 6.92 Å². The van der Waals surface area contributed by atoms with Gasteiger partial charge in [0.1, 0.15) is 6.54 Å². The van der Waals surface area contributed by atoms with Crippen molar-refractivity contribution in [3.63, 3.8) is 0 Å². The van der Waals surface area contributed by atoms with E-state index >= 15 is 0 Å². The summed E-state index contributed by atoms with van der Waals surface area (Å²) in [6.45, 7) is 1.48. The summed E-state index contributed by atoms with van der Waals surface area (Å²) in [4.78, 5) is 49.2. The fourth-order valence-corrected chi connectivity index (χ4v) is 4.27. The largest absolute Gasteiger partial charge is 0.465 e. The van der Waals surface area contributed by atoms with E-state index in [-0.39, 0.29) is 44.6 Å². The summed E-state index contributed by atoms with van der Waals surface area (Å²) in [6, 6.07) is 2.60. The summed E-state index contributed by atoms with van der Waals surface area (Å²) in [6.07, 6.45) is 0. The Balaban J connectivity index is 1.60. The Morgan fingerprint density at radius 1 is 1.17 bits per heavy atom. The Labute approximate surface area is 182 Å². The first-order valence-corrected chi connectivity index (χ1v) is 10.6. The van der Waals surface area contributed by atoms with Gasteiger partial charge in [0.25, 0.3) is 11.8 Å². The summed E-state index contributed by atoms with van der Waals surface area (Å²) in [5.41, 5.74) is 0.177. The summed E-state index contributed by atoms with van der Waals surface area (Å²) in [7, 11) is 0. The third kappa shape index (κ3) is 4.86. The van der Waals surface area contributed by atoms with E-state index in [1.807, 2.05) is 0 Å². The number of hydrogen-bond acceptors (Lipinski definition) is 9. The number of fused-ring (bicyclic) bond motifs is 1. The van der Waals surface area contributed by atoms with Crippen LogP contribution in [0, 0.1) is 0 Å².